The average molecular weight is 761 g/mol. The van der Waals surface area contributed by atoms with E-state index in [1.807, 2.05) is 0 Å². The number of urea groups is 1. The van der Waals surface area contributed by atoms with Crippen LogP contribution in [0.15, 0.2) is 0 Å². The van der Waals surface area contributed by atoms with E-state index in [1.165, 1.54) is 4.90 Å². The second-order valence-electron chi connectivity index (χ2n) is 17.5. The Balaban J connectivity index is 1.33. The molecule has 1 unspecified atom stereocenters. The predicted molar refractivity (Wildman–Crippen MR) is 191 cm³/mol. The minimum Gasteiger partial charge on any atom is -0.347 e. The molecule has 0 bridgehead atoms. The number of nitrogens with one attached hydrogen (secondary N) is 4. The first kappa shape index (κ1) is 39.1. The number of amides is 5. The molecule has 0 radical (unpaired) electrons. The molecule has 12 nitrogen and oxygen atoms in total. The fourth-order valence-corrected chi connectivity index (χ4v) is 9.79. The van der Waals surface area contributed by atoms with Crippen LogP contribution in [0.4, 0.5) is 4.79 Å². The van der Waals surface area contributed by atoms with E-state index in [0.29, 0.717) is 31.6 Å². The zero-order valence-corrected chi connectivity index (χ0v) is 32.5. The van der Waals surface area contributed by atoms with E-state index in [0.717, 1.165) is 44.9 Å². The smallest absolute Gasteiger partial charge is 0.315 e. The minimum atomic E-state index is -3.58. The summed E-state index contributed by atoms with van der Waals surface area (Å²) in [5.74, 6) is -3.33. The van der Waals surface area contributed by atoms with Gasteiger partial charge in [0.25, 0.3) is 5.91 Å². The molecular weight excluding hydrogens is 705 g/mol. The van der Waals surface area contributed by atoms with Crippen molar-refractivity contribution in [3.8, 4) is 0 Å². The second-order valence-corrected chi connectivity index (χ2v) is 21.7. The highest BCUT2D eigenvalue weighted by atomic mass is 35.5. The molecule has 1 heterocycles. The lowest BCUT2D eigenvalue weighted by molar-refractivity contribution is -0.144. The first-order valence-corrected chi connectivity index (χ1v) is 20.6. The van der Waals surface area contributed by atoms with Crippen molar-refractivity contribution < 1.29 is 32.4 Å². The summed E-state index contributed by atoms with van der Waals surface area (Å²) in [6, 6.07) is -3.97. The maximum absolute atomic E-state index is 14.4. The predicted octanol–water partition coefficient (Wildman–Crippen LogP) is 3.77. The number of halogens is 2. The Morgan fingerprint density at radius 1 is 0.900 bits per heavy atom. The topological polar surface area (TPSA) is 171 Å². The van der Waals surface area contributed by atoms with Gasteiger partial charge in [0.05, 0.1) is 22.1 Å². The lowest BCUT2D eigenvalue weighted by Crippen LogP contribution is -2.64. The number of Topliss-reactive ketones (excluding diaryl/α,β-unsaturated/α-hetero) is 1. The van der Waals surface area contributed by atoms with Crippen LogP contribution in [-0.2, 0) is 29.0 Å². The van der Waals surface area contributed by atoms with Gasteiger partial charge in [-0.05, 0) is 70.6 Å². The van der Waals surface area contributed by atoms with Crippen LogP contribution >= 0.6 is 23.2 Å². The molecule has 4 aliphatic carbocycles. The summed E-state index contributed by atoms with van der Waals surface area (Å²) >= 11 is 13.2. The number of sulfone groups is 1. The van der Waals surface area contributed by atoms with Gasteiger partial charge in [0.2, 0.25) is 17.6 Å². The Labute approximate surface area is 306 Å². The van der Waals surface area contributed by atoms with Gasteiger partial charge >= 0.3 is 6.03 Å². The molecule has 0 aromatic carbocycles. The minimum absolute atomic E-state index is 0.0237. The summed E-state index contributed by atoms with van der Waals surface area (Å²) in [7, 11) is -3.58. The van der Waals surface area contributed by atoms with E-state index in [9.17, 15) is 32.4 Å². The zero-order valence-electron chi connectivity index (χ0n) is 30.2. The molecule has 5 rings (SSSR count). The summed E-state index contributed by atoms with van der Waals surface area (Å²) in [5.41, 5.74) is -1.80. The monoisotopic (exact) mass is 759 g/mol. The van der Waals surface area contributed by atoms with Gasteiger partial charge in [-0.15, -0.1) is 23.2 Å². The number of fused-ring (bicyclic) bond motifs is 1. The average Bonchev–Trinajstić information content (AvgIpc) is 3.95. The zero-order chi connectivity index (χ0) is 37.0. The van der Waals surface area contributed by atoms with Crippen LogP contribution in [0.2, 0.25) is 0 Å². The largest absolute Gasteiger partial charge is 0.347 e. The normalized spacial score (nSPS) is 27.0. The van der Waals surface area contributed by atoms with Gasteiger partial charge in [-0.3, -0.25) is 19.2 Å². The van der Waals surface area contributed by atoms with Crippen LogP contribution < -0.4 is 21.3 Å². The van der Waals surface area contributed by atoms with Gasteiger partial charge < -0.3 is 26.2 Å². The van der Waals surface area contributed by atoms with E-state index < -0.39 is 89.4 Å². The van der Waals surface area contributed by atoms with Crippen molar-refractivity contribution in [3.05, 3.63) is 0 Å². The Kier molecular flexibility index (Phi) is 11.0. The quantitative estimate of drug-likeness (QED) is 0.164. The maximum atomic E-state index is 14.4. The SMILES string of the molecule is CC(C)(C)[C@H](NC(=O)NC1(CS(=O)(=O)C(C)(C)C)CCCCC1)C(=O)N1C[C@H]2[C@@H]([C@H]1C(=O)NC(CCC1CC1)C(=O)C(=O)NC1CC1)C2(Cl)Cl. The molecule has 0 aromatic rings. The molecule has 0 spiro atoms. The molecule has 15 heteroatoms. The maximum Gasteiger partial charge on any atom is 0.315 e. The van der Waals surface area contributed by atoms with Crippen LogP contribution in [0, 0.1) is 23.2 Å². The molecule has 5 atom stereocenters. The van der Waals surface area contributed by atoms with Crippen molar-refractivity contribution >= 4 is 62.6 Å². The number of carbonyl (C=O) groups is 5. The highest BCUT2D eigenvalue weighted by Crippen LogP contribution is 2.65. The van der Waals surface area contributed by atoms with E-state index in [2.05, 4.69) is 21.3 Å². The highest BCUT2D eigenvalue weighted by Gasteiger charge is 2.74. The number of rotatable bonds is 13. The third kappa shape index (κ3) is 8.73. The van der Waals surface area contributed by atoms with Crippen LogP contribution in [0.5, 0.6) is 0 Å². The van der Waals surface area contributed by atoms with Gasteiger partial charge in [-0.25, -0.2) is 13.2 Å². The van der Waals surface area contributed by atoms with E-state index in [4.69, 9.17) is 23.2 Å². The molecule has 4 saturated carbocycles. The molecular formula is C35H55Cl2N5O7S. The molecule has 1 aliphatic heterocycles. The number of nitrogens with zero attached hydrogens (tertiary/aromatic N) is 1. The first-order chi connectivity index (χ1) is 23.1. The summed E-state index contributed by atoms with van der Waals surface area (Å²) in [5, 5.41) is 11.3. The fourth-order valence-electron chi connectivity index (χ4n) is 7.45. The Hall–Kier alpha value is -2.12. The molecule has 5 aliphatic rings. The molecule has 4 N–H and O–H groups in total. The van der Waals surface area contributed by atoms with Crippen molar-refractivity contribution in [2.24, 2.45) is 23.2 Å². The summed E-state index contributed by atoms with van der Waals surface area (Å²) < 4.78 is 24.4. The number of ketones is 1. The first-order valence-electron chi connectivity index (χ1n) is 18.2. The Morgan fingerprint density at radius 3 is 2.06 bits per heavy atom. The van der Waals surface area contributed by atoms with Gasteiger partial charge in [0.15, 0.2) is 9.84 Å². The van der Waals surface area contributed by atoms with E-state index >= 15 is 0 Å². The van der Waals surface area contributed by atoms with Gasteiger partial charge in [-0.1, -0.05) is 52.9 Å². The number of likely N-dealkylation sites (tertiary alicyclic amines) is 1. The number of hydrogen-bond donors (Lipinski definition) is 4. The van der Waals surface area contributed by atoms with Crippen molar-refractivity contribution in [1.29, 1.82) is 0 Å². The van der Waals surface area contributed by atoms with Gasteiger partial charge in [0.1, 0.15) is 16.4 Å². The van der Waals surface area contributed by atoms with Crippen molar-refractivity contribution in [3.63, 3.8) is 0 Å². The van der Waals surface area contributed by atoms with E-state index in [1.54, 1.807) is 41.5 Å². The second kappa shape index (κ2) is 14.0. The van der Waals surface area contributed by atoms with Crippen molar-refractivity contribution in [2.45, 2.75) is 151 Å². The summed E-state index contributed by atoms with van der Waals surface area (Å²) in [6.45, 7) is 10.4. The summed E-state index contributed by atoms with van der Waals surface area (Å²) in [4.78, 5) is 69.6. The van der Waals surface area contributed by atoms with Crippen LogP contribution in [0.1, 0.15) is 112 Å². The van der Waals surface area contributed by atoms with E-state index in [-0.39, 0.29) is 18.3 Å². The number of hydrogen-bond acceptors (Lipinski definition) is 7. The Bertz CT molecular complexity index is 1480. The standard InChI is InChI=1S/C35H55Cl2N5O7S/c1-32(2,3)27(40-31(47)41-34(16-8-7-9-17-34)19-50(48,49)33(4,5)6)30(46)42-18-22-24(35(22,36)37)25(42)28(44)39-23(15-12-20-10-11-20)26(43)29(45)38-21-13-14-21/h20-25,27H,7-19H2,1-6H3,(H,38,45)(H,39,44)(H2,40,41,47)/t22-,23?,24-,25-,27+/m0/s1. The van der Waals surface area contributed by atoms with Crippen molar-refractivity contribution in [1.82, 2.24) is 26.2 Å². The van der Waals surface area contributed by atoms with Gasteiger partial charge in [0, 0.05) is 24.4 Å². The Morgan fingerprint density at radius 2 is 1.52 bits per heavy atom. The molecule has 1 saturated heterocycles. The number of carbonyl (C=O) groups excluding carboxylic acids is 5. The third-order valence-electron chi connectivity index (χ3n) is 11.2. The lowest BCUT2D eigenvalue weighted by Gasteiger charge is -2.41. The van der Waals surface area contributed by atoms with Crippen LogP contribution in [0.25, 0.3) is 0 Å². The molecule has 5 amide bonds. The molecule has 50 heavy (non-hydrogen) atoms. The lowest BCUT2D eigenvalue weighted by atomic mass is 9.83. The molecule has 5 fully saturated rings. The highest BCUT2D eigenvalue weighted by molar-refractivity contribution is 7.92. The fraction of sp³-hybridized carbons (Fsp3) is 0.857. The van der Waals surface area contributed by atoms with Crippen LogP contribution in [0.3, 0.4) is 0 Å². The van der Waals surface area contributed by atoms with Crippen molar-refractivity contribution in [2.75, 3.05) is 12.3 Å². The number of piperidine rings is 1. The van der Waals surface area contributed by atoms with Crippen LogP contribution in [-0.4, -0.2) is 93.9 Å². The van der Waals surface area contributed by atoms with Gasteiger partial charge in [-0.2, -0.15) is 0 Å². The third-order valence-corrected chi connectivity index (χ3v) is 15.1. The number of alkyl halides is 2. The molecule has 282 valence electrons. The molecule has 0 aromatic heterocycles. The summed E-state index contributed by atoms with van der Waals surface area (Å²) in [6.07, 6.45) is 8.15.